The molecule has 0 spiro atoms. The molecule has 1 aliphatic heterocycles. The van der Waals surface area contributed by atoms with Crippen molar-refractivity contribution < 1.29 is 14.7 Å². The van der Waals surface area contributed by atoms with Gasteiger partial charge < -0.3 is 19.8 Å². The molecule has 41 heavy (non-hydrogen) atoms. The van der Waals surface area contributed by atoms with Gasteiger partial charge in [0.15, 0.2) is 11.5 Å². The molecule has 1 N–H and O–H groups in total. The predicted molar refractivity (Wildman–Crippen MR) is 159 cm³/mol. The number of hydrogen-bond acceptors (Lipinski definition) is 7. The largest absolute Gasteiger partial charge is 0.508 e. The van der Waals surface area contributed by atoms with Crippen molar-refractivity contribution in [2.24, 2.45) is 23.2 Å². The van der Waals surface area contributed by atoms with Crippen molar-refractivity contribution in [2.45, 2.75) is 38.5 Å². The zero-order chi connectivity index (χ0) is 28.1. The highest BCUT2D eigenvalue weighted by Gasteiger charge is 2.51. The summed E-state index contributed by atoms with van der Waals surface area (Å²) in [6.45, 7) is 3.33. The first kappa shape index (κ1) is 26.4. The molecule has 214 valence electrons. The maximum absolute atomic E-state index is 13.3. The van der Waals surface area contributed by atoms with Crippen molar-refractivity contribution in [1.29, 1.82) is 0 Å². The Hall–Kier alpha value is -3.46. The standard InChI is InChI=1S/C32H37N5O3S/c1-35(20-32-16-21-11-22(17-32)13-23(12-21)18-32)30(39)27-5-6-29(34-33-27)36-7-9-37(10-8-36)31(40)28-15-25(19-41-28)24-3-2-4-26(38)14-24/h2-6,14-15,19,21-23,38H,7-13,16-18,20H2,1H3. The average molecular weight is 572 g/mol. The zero-order valence-electron chi connectivity index (χ0n) is 23.5. The third-order valence-corrected chi connectivity index (χ3v) is 10.8. The Morgan fingerprint density at radius 3 is 2.29 bits per heavy atom. The fraction of sp³-hybridized carbons (Fsp3) is 0.500. The first-order valence-electron chi connectivity index (χ1n) is 14.9. The van der Waals surface area contributed by atoms with Crippen LogP contribution < -0.4 is 4.90 Å². The maximum Gasteiger partial charge on any atom is 0.274 e. The van der Waals surface area contributed by atoms with Crippen LogP contribution in [0.3, 0.4) is 0 Å². The molecule has 0 radical (unpaired) electrons. The molecule has 0 atom stereocenters. The van der Waals surface area contributed by atoms with Gasteiger partial charge >= 0.3 is 0 Å². The van der Waals surface area contributed by atoms with Gasteiger partial charge in [-0.1, -0.05) is 12.1 Å². The molecule has 5 aliphatic rings. The molecule has 4 saturated carbocycles. The number of phenolic OH excluding ortho intramolecular Hbond substituents is 1. The molecule has 5 fully saturated rings. The van der Waals surface area contributed by atoms with Crippen LogP contribution >= 0.6 is 11.3 Å². The van der Waals surface area contributed by atoms with Gasteiger partial charge in [-0.3, -0.25) is 9.59 Å². The molecule has 1 aromatic carbocycles. The Bertz CT molecular complexity index is 1410. The lowest BCUT2D eigenvalue weighted by Crippen LogP contribution is -2.51. The molecule has 4 bridgehead atoms. The number of piperazine rings is 1. The number of benzene rings is 1. The summed E-state index contributed by atoms with van der Waals surface area (Å²) in [5, 5.41) is 20.5. The number of amides is 2. The smallest absolute Gasteiger partial charge is 0.274 e. The predicted octanol–water partition coefficient (Wildman–Crippen LogP) is 5.16. The van der Waals surface area contributed by atoms with E-state index in [1.807, 2.05) is 40.4 Å². The molecule has 9 heteroatoms. The third-order valence-electron chi connectivity index (χ3n) is 9.83. The van der Waals surface area contributed by atoms with E-state index in [1.54, 1.807) is 24.3 Å². The maximum atomic E-state index is 13.3. The van der Waals surface area contributed by atoms with Crippen LogP contribution in [-0.2, 0) is 0 Å². The molecule has 2 aromatic heterocycles. The van der Waals surface area contributed by atoms with Crippen LogP contribution in [0.4, 0.5) is 5.82 Å². The second-order valence-corrected chi connectivity index (χ2v) is 13.8. The van der Waals surface area contributed by atoms with Crippen LogP contribution in [0.5, 0.6) is 5.75 Å². The minimum atomic E-state index is -0.0451. The Morgan fingerprint density at radius 1 is 0.951 bits per heavy atom. The summed E-state index contributed by atoms with van der Waals surface area (Å²) in [6.07, 6.45) is 8.05. The zero-order valence-corrected chi connectivity index (χ0v) is 24.4. The van der Waals surface area contributed by atoms with Gasteiger partial charge in [-0.05, 0) is 109 Å². The van der Waals surface area contributed by atoms with Gasteiger partial charge in [-0.25, -0.2) is 0 Å². The second kappa shape index (κ2) is 10.4. The lowest BCUT2D eigenvalue weighted by atomic mass is 9.49. The van der Waals surface area contributed by atoms with E-state index < -0.39 is 0 Å². The molecule has 3 heterocycles. The van der Waals surface area contributed by atoms with Gasteiger partial charge in [0, 0.05) is 39.8 Å². The summed E-state index contributed by atoms with van der Waals surface area (Å²) in [7, 11) is 1.92. The molecule has 8 nitrogen and oxygen atoms in total. The second-order valence-electron chi connectivity index (χ2n) is 12.9. The van der Waals surface area contributed by atoms with Crippen LogP contribution in [0.2, 0.25) is 0 Å². The van der Waals surface area contributed by atoms with Gasteiger partial charge in [0.2, 0.25) is 0 Å². The van der Waals surface area contributed by atoms with Crippen molar-refractivity contribution in [1.82, 2.24) is 20.0 Å². The van der Waals surface area contributed by atoms with Crippen LogP contribution in [0.15, 0.2) is 47.8 Å². The highest BCUT2D eigenvalue weighted by atomic mass is 32.1. The van der Waals surface area contributed by atoms with Crippen LogP contribution in [0, 0.1) is 23.2 Å². The summed E-state index contributed by atoms with van der Waals surface area (Å²) in [4.78, 5) is 33.0. The molecule has 3 aromatic rings. The van der Waals surface area contributed by atoms with Crippen molar-refractivity contribution in [2.75, 3.05) is 44.7 Å². The number of thiophene rings is 1. The summed E-state index contributed by atoms with van der Waals surface area (Å²) in [6, 6.07) is 12.7. The fourth-order valence-corrected chi connectivity index (χ4v) is 9.32. The summed E-state index contributed by atoms with van der Waals surface area (Å²) < 4.78 is 0. The lowest BCUT2D eigenvalue weighted by Gasteiger charge is -2.57. The monoisotopic (exact) mass is 571 g/mol. The molecule has 2 amide bonds. The van der Waals surface area contributed by atoms with Crippen molar-refractivity contribution in [3.63, 3.8) is 0 Å². The highest BCUT2D eigenvalue weighted by Crippen LogP contribution is 2.60. The van der Waals surface area contributed by atoms with Crippen LogP contribution in [0.25, 0.3) is 11.1 Å². The SMILES string of the molecule is CN(CC12CC3CC(CC(C3)C1)C2)C(=O)c1ccc(N2CCN(C(=O)c3cc(-c4cccc(O)c4)cs3)CC2)nn1. The van der Waals surface area contributed by atoms with Crippen molar-refractivity contribution in [3.8, 4) is 16.9 Å². The fourth-order valence-electron chi connectivity index (χ4n) is 8.44. The van der Waals surface area contributed by atoms with E-state index in [1.165, 1.54) is 49.9 Å². The van der Waals surface area contributed by atoms with Gasteiger partial charge in [-0.2, -0.15) is 0 Å². The number of hydrogen-bond donors (Lipinski definition) is 1. The number of aromatic hydroxyl groups is 1. The number of aromatic nitrogens is 2. The first-order chi connectivity index (χ1) is 19.8. The number of anilines is 1. The van der Waals surface area contributed by atoms with E-state index in [2.05, 4.69) is 15.1 Å². The van der Waals surface area contributed by atoms with Crippen LogP contribution in [-0.4, -0.2) is 76.7 Å². The van der Waals surface area contributed by atoms with Gasteiger partial charge in [0.25, 0.3) is 11.8 Å². The van der Waals surface area contributed by atoms with Crippen molar-refractivity contribution in [3.05, 3.63) is 58.4 Å². The third kappa shape index (κ3) is 5.20. The molecule has 0 unspecified atom stereocenters. The number of carbonyl (C=O) groups is 2. The molecule has 4 aliphatic carbocycles. The number of carbonyl (C=O) groups excluding carboxylic acids is 2. The molecule has 1 saturated heterocycles. The van der Waals surface area contributed by atoms with Gasteiger partial charge in [-0.15, -0.1) is 21.5 Å². The van der Waals surface area contributed by atoms with Gasteiger partial charge in [0.1, 0.15) is 5.75 Å². The van der Waals surface area contributed by atoms with E-state index in [0.29, 0.717) is 42.2 Å². The summed E-state index contributed by atoms with van der Waals surface area (Å²) in [5.41, 5.74) is 2.53. The minimum absolute atomic E-state index is 0.0233. The molecular formula is C32H37N5O3S. The van der Waals surface area contributed by atoms with Gasteiger partial charge in [0.05, 0.1) is 4.88 Å². The Kier molecular flexibility index (Phi) is 6.72. The van der Waals surface area contributed by atoms with E-state index >= 15 is 0 Å². The molecule has 8 rings (SSSR count). The first-order valence-corrected chi connectivity index (χ1v) is 15.7. The summed E-state index contributed by atoms with van der Waals surface area (Å²) >= 11 is 1.43. The molecular weight excluding hydrogens is 534 g/mol. The van der Waals surface area contributed by atoms with E-state index in [-0.39, 0.29) is 17.6 Å². The van der Waals surface area contributed by atoms with Crippen LogP contribution in [0.1, 0.15) is 58.7 Å². The minimum Gasteiger partial charge on any atom is -0.508 e. The van der Waals surface area contributed by atoms with E-state index in [0.717, 1.165) is 41.2 Å². The van der Waals surface area contributed by atoms with E-state index in [4.69, 9.17) is 0 Å². The summed E-state index contributed by atoms with van der Waals surface area (Å²) in [5.74, 6) is 3.53. The quantitative estimate of drug-likeness (QED) is 0.440. The van der Waals surface area contributed by atoms with Crippen molar-refractivity contribution >= 4 is 29.0 Å². The Labute approximate surface area is 245 Å². The topological polar surface area (TPSA) is 89.9 Å². The Balaban J connectivity index is 0.938. The normalized spacial score (nSPS) is 26.8. The number of phenols is 1. The van der Waals surface area contributed by atoms with E-state index in [9.17, 15) is 14.7 Å². The Morgan fingerprint density at radius 2 is 1.66 bits per heavy atom. The number of rotatable bonds is 6. The number of nitrogens with zero attached hydrogens (tertiary/aromatic N) is 5. The average Bonchev–Trinajstić information content (AvgIpc) is 3.46. The highest BCUT2D eigenvalue weighted by molar-refractivity contribution is 7.12. The lowest BCUT2D eigenvalue weighted by molar-refractivity contribution is -0.0629.